The predicted molar refractivity (Wildman–Crippen MR) is 52.1 cm³/mol. The largest absolute Gasteiger partial charge is 0.479 e. The topological polar surface area (TPSA) is 72.5 Å². The van der Waals surface area contributed by atoms with Crippen LogP contribution in [0.25, 0.3) is 0 Å². The summed E-state index contributed by atoms with van der Waals surface area (Å²) >= 11 is 11.4. The monoisotopic (exact) mass is 235 g/mol. The van der Waals surface area contributed by atoms with Crippen LogP contribution in [-0.2, 0) is 9.63 Å². The quantitative estimate of drug-likeness (QED) is 0.787. The minimum atomic E-state index is -1.28. The first-order valence-corrected chi connectivity index (χ1v) is 4.35. The maximum absolute atomic E-state index is 10.7. The molecule has 4 nitrogen and oxygen atoms in total. The molecule has 0 aliphatic heterocycles. The van der Waals surface area contributed by atoms with E-state index in [2.05, 4.69) is 4.84 Å². The number of hydrogen-bond donors (Lipinski definition) is 2. The molecule has 1 unspecified atom stereocenters. The summed E-state index contributed by atoms with van der Waals surface area (Å²) in [5.41, 5.74) is 0.270. The van der Waals surface area contributed by atoms with Crippen molar-refractivity contribution < 1.29 is 14.7 Å². The molecule has 0 heterocycles. The van der Waals surface area contributed by atoms with Gasteiger partial charge in [-0.05, 0) is 12.1 Å². The minimum absolute atomic E-state index is 0.204. The molecule has 0 saturated heterocycles. The maximum Gasteiger partial charge on any atom is 0.339 e. The van der Waals surface area contributed by atoms with Crippen LogP contribution in [0.3, 0.4) is 0 Å². The van der Waals surface area contributed by atoms with Crippen molar-refractivity contribution in [3.8, 4) is 0 Å². The van der Waals surface area contributed by atoms with Crippen LogP contribution in [0.15, 0.2) is 18.2 Å². The Bertz CT molecular complexity index is 356. The van der Waals surface area contributed by atoms with Gasteiger partial charge in [-0.3, -0.25) is 4.84 Å². The Kier molecular flexibility index (Phi) is 3.71. The molecule has 0 amide bonds. The highest BCUT2D eigenvalue weighted by atomic mass is 35.5. The molecule has 0 aliphatic carbocycles. The first-order chi connectivity index (χ1) is 6.56. The molecule has 0 bridgehead atoms. The summed E-state index contributed by atoms with van der Waals surface area (Å²) < 4.78 is 0. The van der Waals surface area contributed by atoms with Crippen LogP contribution in [0, 0.1) is 0 Å². The number of benzene rings is 1. The average Bonchev–Trinajstić information content (AvgIpc) is 2.09. The molecule has 14 heavy (non-hydrogen) atoms. The summed E-state index contributed by atoms with van der Waals surface area (Å²) in [4.78, 5) is 15.0. The summed E-state index contributed by atoms with van der Waals surface area (Å²) in [6, 6.07) is 4.39. The highest BCUT2D eigenvalue weighted by Gasteiger charge is 2.22. The summed E-state index contributed by atoms with van der Waals surface area (Å²) in [6.07, 6.45) is -1.28. The van der Waals surface area contributed by atoms with Crippen molar-refractivity contribution in [2.75, 3.05) is 0 Å². The van der Waals surface area contributed by atoms with Gasteiger partial charge in [0.15, 0.2) is 0 Å². The Morgan fingerprint density at radius 1 is 1.50 bits per heavy atom. The fourth-order valence-electron chi connectivity index (χ4n) is 0.979. The van der Waals surface area contributed by atoms with Crippen molar-refractivity contribution in [2.45, 2.75) is 6.10 Å². The van der Waals surface area contributed by atoms with Crippen LogP contribution in [0.2, 0.25) is 10.0 Å². The van der Waals surface area contributed by atoms with Crippen LogP contribution in [-0.4, -0.2) is 11.1 Å². The molecule has 1 rings (SSSR count). The molecular weight excluding hydrogens is 229 g/mol. The number of hydrogen-bond acceptors (Lipinski definition) is 3. The molecule has 0 saturated carbocycles. The Balaban J connectivity index is 3.10. The van der Waals surface area contributed by atoms with Crippen LogP contribution < -0.4 is 5.90 Å². The van der Waals surface area contributed by atoms with Crippen LogP contribution in [0.1, 0.15) is 11.7 Å². The molecule has 76 valence electrons. The fourth-order valence-corrected chi connectivity index (χ4v) is 1.49. The van der Waals surface area contributed by atoms with Crippen LogP contribution in [0.4, 0.5) is 0 Å². The number of carboxylic acids is 1. The van der Waals surface area contributed by atoms with E-state index >= 15 is 0 Å². The third kappa shape index (κ3) is 2.36. The van der Waals surface area contributed by atoms with Gasteiger partial charge in [-0.2, -0.15) is 0 Å². The second-order valence-corrected chi connectivity index (χ2v) is 3.36. The fraction of sp³-hybridized carbons (Fsp3) is 0.125. The van der Waals surface area contributed by atoms with Crippen molar-refractivity contribution in [3.05, 3.63) is 33.8 Å². The number of rotatable bonds is 3. The Labute approximate surface area is 90.1 Å². The van der Waals surface area contributed by atoms with Crippen molar-refractivity contribution in [3.63, 3.8) is 0 Å². The molecule has 0 aromatic heterocycles. The lowest BCUT2D eigenvalue weighted by Crippen LogP contribution is -2.18. The molecule has 0 spiro atoms. The Morgan fingerprint density at radius 2 is 2.14 bits per heavy atom. The van der Waals surface area contributed by atoms with E-state index in [1.807, 2.05) is 0 Å². The van der Waals surface area contributed by atoms with Gasteiger partial charge in [0.2, 0.25) is 6.10 Å². The molecule has 3 N–H and O–H groups in total. The van der Waals surface area contributed by atoms with Gasteiger partial charge in [-0.1, -0.05) is 29.3 Å². The molecule has 1 aromatic carbocycles. The third-order valence-corrected chi connectivity index (χ3v) is 2.17. The normalized spacial score (nSPS) is 12.5. The average molecular weight is 236 g/mol. The first-order valence-electron chi connectivity index (χ1n) is 3.59. The highest BCUT2D eigenvalue weighted by Crippen LogP contribution is 2.27. The summed E-state index contributed by atoms with van der Waals surface area (Å²) in [7, 11) is 0. The van der Waals surface area contributed by atoms with Gasteiger partial charge in [0.1, 0.15) is 0 Å². The van der Waals surface area contributed by atoms with Gasteiger partial charge in [0.05, 0.1) is 0 Å². The molecular formula is C8H7Cl2NO3. The van der Waals surface area contributed by atoms with Gasteiger partial charge in [-0.25, -0.2) is 10.7 Å². The number of nitrogens with two attached hydrogens (primary N) is 1. The SMILES string of the molecule is NOC(C(=O)O)c1ccc(Cl)cc1Cl. The molecule has 6 heteroatoms. The van der Waals surface area contributed by atoms with E-state index in [0.29, 0.717) is 5.02 Å². The number of aliphatic carboxylic acids is 1. The van der Waals surface area contributed by atoms with E-state index in [4.69, 9.17) is 34.2 Å². The summed E-state index contributed by atoms with van der Waals surface area (Å²) in [6.45, 7) is 0. The zero-order valence-electron chi connectivity index (χ0n) is 6.91. The predicted octanol–water partition coefficient (Wildman–Crippen LogP) is 2.01. The summed E-state index contributed by atoms with van der Waals surface area (Å²) in [5, 5.41) is 9.34. The minimum Gasteiger partial charge on any atom is -0.479 e. The van der Waals surface area contributed by atoms with Gasteiger partial charge in [-0.15, -0.1) is 0 Å². The van der Waals surface area contributed by atoms with Crippen molar-refractivity contribution in [1.29, 1.82) is 0 Å². The van der Waals surface area contributed by atoms with Crippen molar-refractivity contribution in [2.24, 2.45) is 5.90 Å². The number of carboxylic acid groups (broad SMARTS) is 1. The van der Waals surface area contributed by atoms with E-state index in [0.717, 1.165) is 0 Å². The zero-order chi connectivity index (χ0) is 10.7. The molecule has 1 atom stereocenters. The molecule has 0 fully saturated rings. The molecule has 0 radical (unpaired) electrons. The lowest BCUT2D eigenvalue weighted by atomic mass is 10.1. The highest BCUT2D eigenvalue weighted by molar-refractivity contribution is 6.35. The van der Waals surface area contributed by atoms with Gasteiger partial charge >= 0.3 is 5.97 Å². The maximum atomic E-state index is 10.7. The van der Waals surface area contributed by atoms with Gasteiger partial charge in [0.25, 0.3) is 0 Å². The lowest BCUT2D eigenvalue weighted by molar-refractivity contribution is -0.151. The second kappa shape index (κ2) is 4.61. The number of halogens is 2. The molecule has 0 aliphatic rings. The van der Waals surface area contributed by atoms with Crippen LogP contribution in [0.5, 0.6) is 0 Å². The summed E-state index contributed by atoms with van der Waals surface area (Å²) in [5.74, 6) is 3.63. The van der Waals surface area contributed by atoms with E-state index in [-0.39, 0.29) is 10.6 Å². The standard InChI is InChI=1S/C8H7Cl2NO3/c9-4-1-2-5(6(10)3-4)7(14-11)8(12)13/h1-3,7H,11H2,(H,12,13). The van der Waals surface area contributed by atoms with E-state index in [1.54, 1.807) is 0 Å². The van der Waals surface area contributed by atoms with E-state index in [9.17, 15) is 4.79 Å². The van der Waals surface area contributed by atoms with Gasteiger partial charge in [0, 0.05) is 15.6 Å². The van der Waals surface area contributed by atoms with Gasteiger partial charge < -0.3 is 5.11 Å². The van der Waals surface area contributed by atoms with E-state index in [1.165, 1.54) is 18.2 Å². The lowest BCUT2D eigenvalue weighted by Gasteiger charge is -2.11. The Hall–Kier alpha value is -0.810. The van der Waals surface area contributed by atoms with Crippen molar-refractivity contribution in [1.82, 2.24) is 0 Å². The van der Waals surface area contributed by atoms with E-state index < -0.39 is 12.1 Å². The smallest absolute Gasteiger partial charge is 0.339 e. The second-order valence-electron chi connectivity index (χ2n) is 2.52. The molecule has 1 aromatic rings. The zero-order valence-corrected chi connectivity index (χ0v) is 8.42. The number of carbonyl (C=O) groups is 1. The third-order valence-electron chi connectivity index (χ3n) is 1.61. The Morgan fingerprint density at radius 3 is 2.57 bits per heavy atom. The van der Waals surface area contributed by atoms with Crippen molar-refractivity contribution >= 4 is 29.2 Å². The van der Waals surface area contributed by atoms with Crippen LogP contribution >= 0.6 is 23.2 Å². The first kappa shape index (κ1) is 11.3.